The summed E-state index contributed by atoms with van der Waals surface area (Å²) in [5.74, 6) is 1.71. The molecule has 2 heteroatoms. The lowest BCUT2D eigenvalue weighted by Crippen LogP contribution is -2.23. The molecular weight excluding hydrogens is 222 g/mol. The van der Waals surface area contributed by atoms with Gasteiger partial charge in [-0.15, -0.1) is 0 Å². The highest BCUT2D eigenvalue weighted by Crippen LogP contribution is 2.36. The highest BCUT2D eigenvalue weighted by Gasteiger charge is 2.20. The number of nitrogens with zero attached hydrogens (tertiary/aromatic N) is 1. The highest BCUT2D eigenvalue weighted by atomic mass is 16.5. The summed E-state index contributed by atoms with van der Waals surface area (Å²) in [6.07, 6.45) is 5.72. The number of ether oxygens (including phenoxy) is 1. The molecule has 18 heavy (non-hydrogen) atoms. The Hall–Kier alpha value is -1.96. The Morgan fingerprint density at radius 2 is 1.89 bits per heavy atom. The second kappa shape index (κ2) is 6.70. The first kappa shape index (κ1) is 14.1. The van der Waals surface area contributed by atoms with E-state index in [1.54, 1.807) is 0 Å². The number of anilines is 1. The van der Waals surface area contributed by atoms with Gasteiger partial charge in [0, 0.05) is 7.05 Å². The van der Waals surface area contributed by atoms with Gasteiger partial charge in [-0.2, -0.15) is 0 Å². The molecule has 0 aliphatic carbocycles. The van der Waals surface area contributed by atoms with E-state index in [-0.39, 0.29) is 0 Å². The molecule has 1 aliphatic heterocycles. The first-order valence-electron chi connectivity index (χ1n) is 6.28. The van der Waals surface area contributed by atoms with Crippen molar-refractivity contribution in [1.82, 2.24) is 0 Å². The minimum absolute atomic E-state index is 0.832. The van der Waals surface area contributed by atoms with Crippen molar-refractivity contribution in [1.29, 1.82) is 0 Å². The number of hydrogen-bond donors (Lipinski definition) is 0. The molecular formula is C16H21NO. The maximum atomic E-state index is 5.83. The molecule has 0 N–H and O–H groups in total. The Morgan fingerprint density at radius 1 is 1.22 bits per heavy atom. The molecule has 1 aromatic rings. The number of fused-ring (bicyclic) bond motifs is 1. The van der Waals surface area contributed by atoms with Crippen molar-refractivity contribution in [2.24, 2.45) is 0 Å². The van der Waals surface area contributed by atoms with Gasteiger partial charge in [0.15, 0.2) is 11.5 Å². The van der Waals surface area contributed by atoms with Gasteiger partial charge in [-0.1, -0.05) is 38.6 Å². The van der Waals surface area contributed by atoms with Crippen LogP contribution in [0.5, 0.6) is 5.75 Å². The van der Waals surface area contributed by atoms with E-state index in [2.05, 4.69) is 11.5 Å². The van der Waals surface area contributed by atoms with Crippen LogP contribution in [0.25, 0.3) is 0 Å². The van der Waals surface area contributed by atoms with E-state index < -0.39 is 0 Å². The van der Waals surface area contributed by atoms with Crippen molar-refractivity contribution < 1.29 is 4.74 Å². The molecule has 1 aromatic carbocycles. The monoisotopic (exact) mass is 243 g/mol. The summed E-state index contributed by atoms with van der Waals surface area (Å²) in [7, 11) is 2.02. The Labute approximate surface area is 110 Å². The van der Waals surface area contributed by atoms with Crippen LogP contribution in [-0.2, 0) is 0 Å². The lowest BCUT2D eigenvalue weighted by molar-refractivity contribution is 0.429. The van der Waals surface area contributed by atoms with Gasteiger partial charge in [-0.05, 0) is 31.2 Å². The zero-order chi connectivity index (χ0) is 13.5. The second-order valence-corrected chi connectivity index (χ2v) is 3.58. The van der Waals surface area contributed by atoms with E-state index in [0.717, 1.165) is 22.9 Å². The Balaban J connectivity index is 0.000000771. The van der Waals surface area contributed by atoms with Crippen LogP contribution >= 0.6 is 0 Å². The molecule has 0 unspecified atom stereocenters. The standard InChI is InChI=1S/C14H15NO.C2H6/c1-4-8-13-11(5-2)15(3)12-9-6-7-10-14(12)16-13;1-2/h4-10H,2H2,1,3H3;1-2H3/b8-4-;. The average molecular weight is 243 g/mol. The maximum Gasteiger partial charge on any atom is 0.151 e. The topological polar surface area (TPSA) is 12.5 Å². The molecule has 0 fully saturated rings. The van der Waals surface area contributed by atoms with Gasteiger partial charge in [0.2, 0.25) is 0 Å². The molecule has 0 saturated carbocycles. The van der Waals surface area contributed by atoms with Crippen molar-refractivity contribution in [3.05, 3.63) is 60.5 Å². The van der Waals surface area contributed by atoms with Gasteiger partial charge in [-0.3, -0.25) is 0 Å². The summed E-state index contributed by atoms with van der Waals surface area (Å²) in [5.41, 5.74) is 2.04. The average Bonchev–Trinajstić information content (AvgIpc) is 2.42. The fourth-order valence-corrected chi connectivity index (χ4v) is 1.79. The SMILES string of the molecule is C=CC1=C(/C=C\C)Oc2ccccc2N1C.CC. The van der Waals surface area contributed by atoms with Crippen molar-refractivity contribution in [3.8, 4) is 5.75 Å². The quantitative estimate of drug-likeness (QED) is 0.757. The third-order valence-corrected chi connectivity index (χ3v) is 2.57. The van der Waals surface area contributed by atoms with Crippen molar-refractivity contribution >= 4 is 5.69 Å². The van der Waals surface area contributed by atoms with E-state index in [1.165, 1.54) is 0 Å². The summed E-state index contributed by atoms with van der Waals surface area (Å²) in [6.45, 7) is 9.80. The fraction of sp³-hybridized carbons (Fsp3) is 0.250. The van der Waals surface area contributed by atoms with Gasteiger partial charge < -0.3 is 9.64 Å². The molecule has 0 spiro atoms. The van der Waals surface area contributed by atoms with Crippen molar-refractivity contribution in [3.63, 3.8) is 0 Å². The Morgan fingerprint density at radius 3 is 2.50 bits per heavy atom. The molecule has 0 atom stereocenters. The predicted octanol–water partition coefficient (Wildman–Crippen LogP) is 4.52. The van der Waals surface area contributed by atoms with E-state index in [1.807, 2.05) is 70.3 Å². The zero-order valence-corrected chi connectivity index (χ0v) is 11.6. The molecule has 1 aliphatic rings. The van der Waals surface area contributed by atoms with Crippen LogP contribution in [0.2, 0.25) is 0 Å². The lowest BCUT2D eigenvalue weighted by atomic mass is 10.2. The third-order valence-electron chi connectivity index (χ3n) is 2.57. The van der Waals surface area contributed by atoms with E-state index in [4.69, 9.17) is 4.74 Å². The van der Waals surface area contributed by atoms with Crippen molar-refractivity contribution in [2.75, 3.05) is 11.9 Å². The minimum atomic E-state index is 0.832. The molecule has 0 bridgehead atoms. The number of para-hydroxylation sites is 2. The van der Waals surface area contributed by atoms with Crippen LogP contribution < -0.4 is 9.64 Å². The minimum Gasteiger partial charge on any atom is -0.453 e. The molecule has 96 valence electrons. The fourth-order valence-electron chi connectivity index (χ4n) is 1.79. The molecule has 1 heterocycles. The van der Waals surface area contributed by atoms with Gasteiger partial charge in [0.05, 0.1) is 11.4 Å². The number of hydrogen-bond acceptors (Lipinski definition) is 2. The van der Waals surface area contributed by atoms with Gasteiger partial charge in [0.1, 0.15) is 0 Å². The molecule has 2 nitrogen and oxygen atoms in total. The second-order valence-electron chi connectivity index (χ2n) is 3.58. The molecule has 0 amide bonds. The lowest BCUT2D eigenvalue weighted by Gasteiger charge is -2.29. The summed E-state index contributed by atoms with van der Waals surface area (Å²) < 4.78 is 5.83. The van der Waals surface area contributed by atoms with Crippen LogP contribution in [0.1, 0.15) is 20.8 Å². The molecule has 0 aromatic heterocycles. The number of likely N-dealkylation sites (N-methyl/N-ethyl adjacent to an activating group) is 1. The summed E-state index contributed by atoms with van der Waals surface area (Å²) in [5, 5.41) is 0. The van der Waals surface area contributed by atoms with Gasteiger partial charge in [0.25, 0.3) is 0 Å². The van der Waals surface area contributed by atoms with E-state index in [0.29, 0.717) is 0 Å². The van der Waals surface area contributed by atoms with Crippen molar-refractivity contribution in [2.45, 2.75) is 20.8 Å². The van der Waals surface area contributed by atoms with Crippen LogP contribution in [0.4, 0.5) is 5.69 Å². The van der Waals surface area contributed by atoms with Crippen LogP contribution in [-0.4, -0.2) is 7.05 Å². The van der Waals surface area contributed by atoms with Crippen LogP contribution in [0, 0.1) is 0 Å². The van der Waals surface area contributed by atoms with E-state index >= 15 is 0 Å². The third kappa shape index (κ3) is 2.65. The summed E-state index contributed by atoms with van der Waals surface area (Å²) >= 11 is 0. The predicted molar refractivity (Wildman–Crippen MR) is 78.9 cm³/mol. The van der Waals surface area contributed by atoms with Gasteiger partial charge >= 0.3 is 0 Å². The number of allylic oxidation sites excluding steroid dienone is 3. The van der Waals surface area contributed by atoms with Crippen LogP contribution in [0.3, 0.4) is 0 Å². The van der Waals surface area contributed by atoms with E-state index in [9.17, 15) is 0 Å². The number of benzene rings is 1. The van der Waals surface area contributed by atoms with Gasteiger partial charge in [-0.25, -0.2) is 0 Å². The molecule has 2 rings (SSSR count). The largest absolute Gasteiger partial charge is 0.453 e. The summed E-state index contributed by atoms with van der Waals surface area (Å²) in [6, 6.07) is 7.97. The molecule has 0 saturated heterocycles. The zero-order valence-electron chi connectivity index (χ0n) is 11.6. The normalized spacial score (nSPS) is 13.7. The smallest absolute Gasteiger partial charge is 0.151 e. The molecule has 0 radical (unpaired) electrons. The first-order chi connectivity index (χ1) is 8.77. The van der Waals surface area contributed by atoms with Crippen LogP contribution in [0.15, 0.2) is 60.5 Å². The number of rotatable bonds is 2. The summed E-state index contributed by atoms with van der Waals surface area (Å²) in [4.78, 5) is 2.08. The maximum absolute atomic E-state index is 5.83. The highest BCUT2D eigenvalue weighted by molar-refractivity contribution is 5.66. The Bertz CT molecular complexity index is 472. The Kier molecular flexibility index (Phi) is 5.25. The first-order valence-corrected chi connectivity index (χ1v) is 6.28.